The topological polar surface area (TPSA) is 77.8 Å². The van der Waals surface area contributed by atoms with Crippen LogP contribution in [0.15, 0.2) is 47.2 Å². The monoisotopic (exact) mass is 422 g/mol. The van der Waals surface area contributed by atoms with Gasteiger partial charge in [-0.15, -0.1) is 0 Å². The zero-order valence-electron chi connectivity index (χ0n) is 18.6. The fourth-order valence-corrected chi connectivity index (χ4v) is 4.02. The van der Waals surface area contributed by atoms with E-state index in [1.165, 1.54) is 14.2 Å². The molecule has 1 aliphatic rings. The first-order chi connectivity index (χ1) is 14.8. The van der Waals surface area contributed by atoms with Crippen molar-refractivity contribution in [1.29, 1.82) is 0 Å². The number of amides is 1. The number of benzene rings is 1. The molecule has 0 N–H and O–H groups in total. The SMILES string of the molecule is CCN1C(=O)C(=Cc2cc(C)n(-c3ccccc3C(=O)OC)c2C)C(C(=O)OC)=C1C. The molecule has 0 radical (unpaired) electrons. The van der Waals surface area contributed by atoms with E-state index in [1.54, 1.807) is 30.0 Å². The van der Waals surface area contributed by atoms with Crippen molar-refractivity contribution in [3.05, 3.63) is 69.7 Å². The molecule has 1 aromatic heterocycles. The zero-order chi connectivity index (χ0) is 22.9. The molecule has 0 spiro atoms. The molecule has 7 heteroatoms. The molecule has 3 rings (SSSR count). The minimum absolute atomic E-state index is 0.236. The molecule has 1 amide bonds. The second-order valence-corrected chi connectivity index (χ2v) is 7.23. The van der Waals surface area contributed by atoms with Crippen LogP contribution < -0.4 is 0 Å². The van der Waals surface area contributed by atoms with Gasteiger partial charge >= 0.3 is 11.9 Å². The highest BCUT2D eigenvalue weighted by molar-refractivity contribution is 6.16. The lowest BCUT2D eigenvalue weighted by Crippen LogP contribution is -2.24. The second-order valence-electron chi connectivity index (χ2n) is 7.23. The summed E-state index contributed by atoms with van der Waals surface area (Å²) in [6.45, 7) is 7.87. The van der Waals surface area contributed by atoms with E-state index >= 15 is 0 Å². The number of likely N-dealkylation sites (N-methyl/N-ethyl adjacent to an activating group) is 1. The Hall–Kier alpha value is -3.61. The maximum Gasteiger partial charge on any atom is 0.340 e. The van der Waals surface area contributed by atoms with Crippen LogP contribution in [-0.4, -0.2) is 48.1 Å². The van der Waals surface area contributed by atoms with Crippen LogP contribution >= 0.6 is 0 Å². The number of allylic oxidation sites excluding steroid dienone is 1. The van der Waals surface area contributed by atoms with Crippen LogP contribution in [0.25, 0.3) is 11.8 Å². The largest absolute Gasteiger partial charge is 0.465 e. The van der Waals surface area contributed by atoms with Gasteiger partial charge in [-0.2, -0.15) is 0 Å². The van der Waals surface area contributed by atoms with Gasteiger partial charge in [0.05, 0.1) is 36.6 Å². The minimum Gasteiger partial charge on any atom is -0.465 e. The molecule has 31 heavy (non-hydrogen) atoms. The molecule has 2 heterocycles. The van der Waals surface area contributed by atoms with Crippen LogP contribution in [0.3, 0.4) is 0 Å². The highest BCUT2D eigenvalue weighted by atomic mass is 16.5. The number of aromatic nitrogens is 1. The average molecular weight is 422 g/mol. The molecule has 0 aliphatic carbocycles. The van der Waals surface area contributed by atoms with E-state index in [4.69, 9.17) is 9.47 Å². The first kappa shape index (κ1) is 22.1. The Morgan fingerprint density at radius 2 is 1.68 bits per heavy atom. The van der Waals surface area contributed by atoms with Crippen LogP contribution in [0.2, 0.25) is 0 Å². The van der Waals surface area contributed by atoms with Crippen molar-refractivity contribution >= 4 is 23.9 Å². The molecule has 0 fully saturated rings. The van der Waals surface area contributed by atoms with Crippen LogP contribution in [0.5, 0.6) is 0 Å². The third-order valence-electron chi connectivity index (χ3n) is 5.54. The molecule has 0 atom stereocenters. The molecule has 2 aromatic rings. The summed E-state index contributed by atoms with van der Waals surface area (Å²) in [5.74, 6) is -1.21. The van der Waals surface area contributed by atoms with Crippen LogP contribution in [0.4, 0.5) is 0 Å². The fraction of sp³-hybridized carbons (Fsp3) is 0.292. The summed E-state index contributed by atoms with van der Waals surface area (Å²) in [4.78, 5) is 39.2. The Morgan fingerprint density at radius 1 is 1.03 bits per heavy atom. The standard InChI is InChI=1S/C24H26N2O5/c1-7-25-16(4)21(24(29)31-6)19(22(25)27)13-17-12-14(2)26(15(17)3)20-11-9-8-10-18(20)23(28)30-5/h8-13H,7H2,1-6H3. The van der Waals surface area contributed by atoms with E-state index in [0.29, 0.717) is 29.1 Å². The third-order valence-corrected chi connectivity index (χ3v) is 5.54. The fourth-order valence-electron chi connectivity index (χ4n) is 4.02. The number of ether oxygens (including phenoxy) is 2. The second kappa shape index (κ2) is 8.63. The summed E-state index contributed by atoms with van der Waals surface area (Å²) in [5.41, 5.74) is 4.74. The van der Waals surface area contributed by atoms with Crippen molar-refractivity contribution < 1.29 is 23.9 Å². The lowest BCUT2D eigenvalue weighted by Gasteiger charge is -2.14. The van der Waals surface area contributed by atoms with Gasteiger partial charge in [-0.3, -0.25) is 4.79 Å². The van der Waals surface area contributed by atoms with Crippen molar-refractivity contribution in [3.63, 3.8) is 0 Å². The van der Waals surface area contributed by atoms with E-state index in [1.807, 2.05) is 43.5 Å². The summed E-state index contributed by atoms with van der Waals surface area (Å²) in [6, 6.07) is 9.09. The number of para-hydroxylation sites is 1. The molecule has 162 valence electrons. The normalized spacial score (nSPS) is 15.1. The van der Waals surface area contributed by atoms with Crippen molar-refractivity contribution in [1.82, 2.24) is 9.47 Å². The number of hydrogen-bond acceptors (Lipinski definition) is 5. The van der Waals surface area contributed by atoms with Gasteiger partial charge < -0.3 is 18.9 Å². The van der Waals surface area contributed by atoms with Gasteiger partial charge in [-0.05, 0) is 57.5 Å². The Labute approximate surface area is 181 Å². The lowest BCUT2D eigenvalue weighted by atomic mass is 10.0. The molecule has 1 aromatic carbocycles. The van der Waals surface area contributed by atoms with Gasteiger partial charge in [-0.1, -0.05) is 12.1 Å². The van der Waals surface area contributed by atoms with Gasteiger partial charge in [0.25, 0.3) is 5.91 Å². The highest BCUT2D eigenvalue weighted by Crippen LogP contribution is 2.33. The van der Waals surface area contributed by atoms with Crippen molar-refractivity contribution in [2.75, 3.05) is 20.8 Å². The molecule has 0 unspecified atom stereocenters. The third kappa shape index (κ3) is 3.67. The minimum atomic E-state index is -0.544. The smallest absolute Gasteiger partial charge is 0.340 e. The summed E-state index contributed by atoms with van der Waals surface area (Å²) in [7, 11) is 2.65. The average Bonchev–Trinajstić information content (AvgIpc) is 3.18. The molecule has 1 aliphatic heterocycles. The van der Waals surface area contributed by atoms with Gasteiger partial charge in [0.1, 0.15) is 0 Å². The van der Waals surface area contributed by atoms with Crippen molar-refractivity contribution in [3.8, 4) is 5.69 Å². The molecular weight excluding hydrogens is 396 g/mol. The molecular formula is C24H26N2O5. The summed E-state index contributed by atoms with van der Waals surface area (Å²) in [6.07, 6.45) is 1.72. The number of methoxy groups -OCH3 is 2. The maximum absolute atomic E-state index is 13.0. The van der Waals surface area contributed by atoms with Crippen LogP contribution in [0, 0.1) is 13.8 Å². The van der Waals surface area contributed by atoms with Crippen molar-refractivity contribution in [2.45, 2.75) is 27.7 Å². The van der Waals surface area contributed by atoms with E-state index in [2.05, 4.69) is 0 Å². The van der Waals surface area contributed by atoms with Crippen LogP contribution in [-0.2, 0) is 19.1 Å². The number of carbonyl (C=O) groups is 3. The Kier molecular flexibility index (Phi) is 6.15. The number of rotatable bonds is 5. The summed E-state index contributed by atoms with van der Waals surface area (Å²) in [5, 5.41) is 0. The molecule has 0 bridgehead atoms. The van der Waals surface area contributed by atoms with E-state index in [9.17, 15) is 14.4 Å². The first-order valence-corrected chi connectivity index (χ1v) is 9.96. The number of aryl methyl sites for hydroxylation is 1. The summed E-state index contributed by atoms with van der Waals surface area (Å²) >= 11 is 0. The quantitative estimate of drug-likeness (QED) is 0.544. The van der Waals surface area contributed by atoms with Crippen molar-refractivity contribution in [2.24, 2.45) is 0 Å². The van der Waals surface area contributed by atoms with E-state index < -0.39 is 11.9 Å². The number of carbonyl (C=O) groups excluding carboxylic acids is 3. The van der Waals surface area contributed by atoms with Crippen LogP contribution in [0.1, 0.15) is 41.2 Å². The number of nitrogens with zero attached hydrogens (tertiary/aromatic N) is 2. The molecule has 7 nitrogen and oxygen atoms in total. The molecule has 0 saturated carbocycles. The van der Waals surface area contributed by atoms with E-state index in [0.717, 1.165) is 17.0 Å². The maximum atomic E-state index is 13.0. The van der Waals surface area contributed by atoms with Gasteiger partial charge in [0.15, 0.2) is 0 Å². The predicted octanol–water partition coefficient (Wildman–Crippen LogP) is 3.57. The zero-order valence-corrected chi connectivity index (χ0v) is 18.6. The molecule has 0 saturated heterocycles. The predicted molar refractivity (Wildman–Crippen MR) is 117 cm³/mol. The Morgan fingerprint density at radius 3 is 2.29 bits per heavy atom. The van der Waals surface area contributed by atoms with Gasteiger partial charge in [0, 0.05) is 23.6 Å². The Balaban J connectivity index is 2.18. The van der Waals surface area contributed by atoms with Gasteiger partial charge in [-0.25, -0.2) is 9.59 Å². The van der Waals surface area contributed by atoms with E-state index in [-0.39, 0.29) is 11.5 Å². The number of hydrogen-bond donors (Lipinski definition) is 0. The number of esters is 2. The highest BCUT2D eigenvalue weighted by Gasteiger charge is 2.36. The lowest BCUT2D eigenvalue weighted by molar-refractivity contribution is -0.136. The van der Waals surface area contributed by atoms with Gasteiger partial charge in [0.2, 0.25) is 0 Å². The Bertz CT molecular complexity index is 1140. The first-order valence-electron chi connectivity index (χ1n) is 9.96. The summed E-state index contributed by atoms with van der Waals surface area (Å²) < 4.78 is 11.8.